The van der Waals surface area contributed by atoms with E-state index in [-0.39, 0.29) is 0 Å². The molecule has 0 radical (unpaired) electrons. The summed E-state index contributed by atoms with van der Waals surface area (Å²) in [4.78, 5) is 4.08. The molecule has 0 fully saturated rings. The van der Waals surface area contributed by atoms with Crippen LogP contribution >= 0.6 is 0 Å². The third-order valence-corrected chi connectivity index (χ3v) is 2.22. The quantitative estimate of drug-likeness (QED) is 0.809. The number of rotatable bonds is 4. The lowest BCUT2D eigenvalue weighted by molar-refractivity contribution is 0.585. The number of hydrogen-bond acceptors (Lipinski definition) is 3. The van der Waals surface area contributed by atoms with Gasteiger partial charge in [-0.3, -0.25) is 9.67 Å². The first-order valence-electron chi connectivity index (χ1n) is 4.97. The number of likely N-dealkylation sites (N-methyl/N-ethyl adjacent to an activating group) is 1. The van der Waals surface area contributed by atoms with Gasteiger partial charge in [0, 0.05) is 36.3 Å². The Labute approximate surface area is 89.0 Å². The molecule has 78 valence electrons. The minimum Gasteiger partial charge on any atom is -0.318 e. The van der Waals surface area contributed by atoms with Crippen molar-refractivity contribution in [2.75, 3.05) is 13.6 Å². The van der Waals surface area contributed by atoms with Gasteiger partial charge in [0.1, 0.15) is 0 Å². The van der Waals surface area contributed by atoms with Gasteiger partial charge < -0.3 is 5.32 Å². The summed E-state index contributed by atoms with van der Waals surface area (Å²) in [6.45, 7) is 1.81. The number of aromatic nitrogens is 3. The molecule has 0 aromatic carbocycles. The van der Waals surface area contributed by atoms with Crippen LogP contribution in [-0.4, -0.2) is 28.4 Å². The lowest BCUT2D eigenvalue weighted by Crippen LogP contribution is -2.14. The minimum absolute atomic E-state index is 0.886. The van der Waals surface area contributed by atoms with E-state index in [9.17, 15) is 0 Å². The maximum absolute atomic E-state index is 4.28. The summed E-state index contributed by atoms with van der Waals surface area (Å²) in [5, 5.41) is 7.37. The maximum atomic E-state index is 4.28. The van der Waals surface area contributed by atoms with Crippen LogP contribution in [0.4, 0.5) is 0 Å². The zero-order chi connectivity index (χ0) is 10.5. The molecule has 0 spiro atoms. The van der Waals surface area contributed by atoms with E-state index in [0.29, 0.717) is 0 Å². The molecule has 2 aromatic heterocycles. The maximum Gasteiger partial charge on any atom is 0.0568 e. The van der Waals surface area contributed by atoms with E-state index < -0.39 is 0 Å². The molecule has 1 N–H and O–H groups in total. The Balaban J connectivity index is 2.14. The highest BCUT2D eigenvalue weighted by molar-refractivity contribution is 5.60. The summed E-state index contributed by atoms with van der Waals surface area (Å²) < 4.78 is 1.93. The molecule has 0 amide bonds. The first-order chi connectivity index (χ1) is 7.40. The first-order valence-corrected chi connectivity index (χ1v) is 4.97. The Bertz CT molecular complexity index is 408. The van der Waals surface area contributed by atoms with Gasteiger partial charge in [0.2, 0.25) is 0 Å². The van der Waals surface area contributed by atoms with E-state index >= 15 is 0 Å². The SMILES string of the molecule is CNCCn1cc(-c2cccnc2)cn1. The van der Waals surface area contributed by atoms with Gasteiger partial charge in [0.05, 0.1) is 12.7 Å². The van der Waals surface area contributed by atoms with Crippen molar-refractivity contribution in [1.82, 2.24) is 20.1 Å². The fourth-order valence-corrected chi connectivity index (χ4v) is 1.39. The molecule has 0 aliphatic carbocycles. The molecule has 0 bridgehead atoms. The highest BCUT2D eigenvalue weighted by atomic mass is 15.3. The van der Waals surface area contributed by atoms with E-state index in [1.54, 1.807) is 6.20 Å². The Morgan fingerprint density at radius 3 is 3.00 bits per heavy atom. The Morgan fingerprint density at radius 1 is 1.33 bits per heavy atom. The molecular formula is C11H14N4. The Morgan fingerprint density at radius 2 is 2.27 bits per heavy atom. The number of nitrogens with one attached hydrogen (secondary N) is 1. The molecule has 2 heterocycles. The third kappa shape index (κ3) is 2.41. The first kappa shape index (κ1) is 9.86. The number of nitrogens with zero attached hydrogens (tertiary/aromatic N) is 3. The standard InChI is InChI=1S/C11H14N4/c1-12-5-6-15-9-11(8-14-15)10-3-2-4-13-7-10/h2-4,7-9,12H,5-6H2,1H3. The molecule has 2 aromatic rings. The van der Waals surface area contributed by atoms with Crippen LogP contribution in [0.25, 0.3) is 11.1 Å². The van der Waals surface area contributed by atoms with Crippen LogP contribution in [0.1, 0.15) is 0 Å². The molecule has 0 saturated heterocycles. The summed E-state index contributed by atoms with van der Waals surface area (Å²) in [6, 6.07) is 3.96. The van der Waals surface area contributed by atoms with Crippen LogP contribution in [0.2, 0.25) is 0 Å². The predicted molar refractivity (Wildman–Crippen MR) is 59.4 cm³/mol. The molecule has 0 atom stereocenters. The van der Waals surface area contributed by atoms with Crippen LogP contribution < -0.4 is 5.32 Å². The van der Waals surface area contributed by atoms with Crippen LogP contribution in [0.15, 0.2) is 36.9 Å². The molecule has 15 heavy (non-hydrogen) atoms. The lowest BCUT2D eigenvalue weighted by Gasteiger charge is -1.98. The van der Waals surface area contributed by atoms with Crippen molar-refractivity contribution >= 4 is 0 Å². The molecule has 0 unspecified atom stereocenters. The normalized spacial score (nSPS) is 10.5. The molecular weight excluding hydrogens is 188 g/mol. The van der Waals surface area contributed by atoms with Gasteiger partial charge in [0.15, 0.2) is 0 Å². The molecule has 0 saturated carbocycles. The monoisotopic (exact) mass is 202 g/mol. The largest absolute Gasteiger partial charge is 0.318 e. The minimum atomic E-state index is 0.886. The van der Waals surface area contributed by atoms with Crippen LogP contribution in [0.5, 0.6) is 0 Å². The zero-order valence-electron chi connectivity index (χ0n) is 8.72. The van der Waals surface area contributed by atoms with Gasteiger partial charge in [-0.25, -0.2) is 0 Å². The van der Waals surface area contributed by atoms with Crippen molar-refractivity contribution in [2.45, 2.75) is 6.54 Å². The second kappa shape index (κ2) is 4.70. The molecule has 2 rings (SSSR count). The predicted octanol–water partition coefficient (Wildman–Crippen LogP) is 1.16. The van der Waals surface area contributed by atoms with E-state index in [0.717, 1.165) is 24.2 Å². The highest BCUT2D eigenvalue weighted by Crippen LogP contribution is 2.16. The van der Waals surface area contributed by atoms with Gasteiger partial charge in [-0.15, -0.1) is 0 Å². The van der Waals surface area contributed by atoms with Crippen molar-refractivity contribution in [3.8, 4) is 11.1 Å². The fourth-order valence-electron chi connectivity index (χ4n) is 1.39. The van der Waals surface area contributed by atoms with Crippen molar-refractivity contribution in [2.24, 2.45) is 0 Å². The smallest absolute Gasteiger partial charge is 0.0568 e. The topological polar surface area (TPSA) is 42.7 Å². The summed E-state index contributed by atoms with van der Waals surface area (Å²) in [5.41, 5.74) is 2.22. The Hall–Kier alpha value is -1.68. The summed E-state index contributed by atoms with van der Waals surface area (Å²) in [7, 11) is 1.94. The van der Waals surface area contributed by atoms with Crippen LogP contribution in [0.3, 0.4) is 0 Å². The number of hydrogen-bond donors (Lipinski definition) is 1. The third-order valence-electron chi connectivity index (χ3n) is 2.22. The second-order valence-corrected chi connectivity index (χ2v) is 3.34. The lowest BCUT2D eigenvalue weighted by atomic mass is 10.2. The van der Waals surface area contributed by atoms with Gasteiger partial charge in [-0.05, 0) is 13.1 Å². The number of pyridine rings is 1. The van der Waals surface area contributed by atoms with E-state index in [2.05, 4.69) is 15.4 Å². The Kier molecular flexibility index (Phi) is 3.09. The molecule has 0 aliphatic rings. The van der Waals surface area contributed by atoms with E-state index in [1.165, 1.54) is 0 Å². The van der Waals surface area contributed by atoms with Gasteiger partial charge >= 0.3 is 0 Å². The summed E-state index contributed by atoms with van der Waals surface area (Å²) >= 11 is 0. The van der Waals surface area contributed by atoms with E-state index in [4.69, 9.17) is 0 Å². The van der Waals surface area contributed by atoms with Gasteiger partial charge in [-0.1, -0.05) is 6.07 Å². The molecule has 0 aliphatic heterocycles. The van der Waals surface area contributed by atoms with Crippen LogP contribution in [-0.2, 0) is 6.54 Å². The van der Waals surface area contributed by atoms with Crippen molar-refractivity contribution in [3.63, 3.8) is 0 Å². The van der Waals surface area contributed by atoms with Crippen molar-refractivity contribution in [1.29, 1.82) is 0 Å². The fraction of sp³-hybridized carbons (Fsp3) is 0.273. The summed E-state index contributed by atoms with van der Waals surface area (Å²) in [6.07, 6.45) is 7.52. The van der Waals surface area contributed by atoms with Gasteiger partial charge in [-0.2, -0.15) is 5.10 Å². The average Bonchev–Trinajstić information content (AvgIpc) is 2.76. The highest BCUT2D eigenvalue weighted by Gasteiger charge is 2.00. The molecule has 4 nitrogen and oxygen atoms in total. The summed E-state index contributed by atoms with van der Waals surface area (Å²) in [5.74, 6) is 0. The van der Waals surface area contributed by atoms with Crippen molar-refractivity contribution in [3.05, 3.63) is 36.9 Å². The van der Waals surface area contributed by atoms with Crippen LogP contribution in [0, 0.1) is 0 Å². The van der Waals surface area contributed by atoms with E-state index in [1.807, 2.05) is 42.5 Å². The molecule has 4 heteroatoms. The second-order valence-electron chi connectivity index (χ2n) is 3.34. The van der Waals surface area contributed by atoms with Crippen molar-refractivity contribution < 1.29 is 0 Å². The van der Waals surface area contributed by atoms with Gasteiger partial charge in [0.25, 0.3) is 0 Å². The average molecular weight is 202 g/mol. The zero-order valence-corrected chi connectivity index (χ0v) is 8.72.